The fraction of sp³-hybridized carbons (Fsp3) is 0.577. The van der Waals surface area contributed by atoms with Crippen LogP contribution in [0.2, 0.25) is 0 Å². The second kappa shape index (κ2) is 14.7. The van der Waals surface area contributed by atoms with Crippen LogP contribution in [0, 0.1) is 5.92 Å². The summed E-state index contributed by atoms with van der Waals surface area (Å²) in [5, 5.41) is 25.7. The second-order valence-corrected chi connectivity index (χ2v) is 9.76. The average molecular weight is 520 g/mol. The highest BCUT2D eigenvalue weighted by Crippen LogP contribution is 2.19. The number of ether oxygens (including phenoxy) is 1. The third-order valence-corrected chi connectivity index (χ3v) is 6.24. The molecule has 2 amide bonds. The van der Waals surface area contributed by atoms with E-state index >= 15 is 0 Å². The number of H-pyrrole nitrogens is 1. The number of aliphatic hydroxyl groups is 2. The molecule has 0 radical (unpaired) electrons. The standard InChI is InChI=1S/C26H41N5O6/c1-16(2)13-21(29-25(35)23(33)19(27)9-10-31(3)11-12-32)24(34)30-22(26(36)37-4)14-17-15-28-20-8-6-5-7-18(17)20/h5-8,15-16,19,21-23,28,32-33H,9-14,27H2,1-4H3,(H,29,35)(H,30,34)/t19-,21+,22+,23+/m1/s1. The van der Waals surface area contributed by atoms with Gasteiger partial charge in [-0.3, -0.25) is 9.59 Å². The van der Waals surface area contributed by atoms with Crippen LogP contribution < -0.4 is 16.4 Å². The molecule has 0 spiro atoms. The van der Waals surface area contributed by atoms with E-state index in [9.17, 15) is 19.5 Å². The van der Waals surface area contributed by atoms with Gasteiger partial charge < -0.3 is 41.2 Å². The lowest BCUT2D eigenvalue weighted by Gasteiger charge is -2.26. The van der Waals surface area contributed by atoms with Crippen molar-refractivity contribution in [1.82, 2.24) is 20.5 Å². The number of esters is 1. The van der Waals surface area contributed by atoms with Gasteiger partial charge in [0.15, 0.2) is 0 Å². The second-order valence-electron chi connectivity index (χ2n) is 9.76. The minimum absolute atomic E-state index is 0.00630. The Morgan fingerprint density at radius 2 is 1.78 bits per heavy atom. The van der Waals surface area contributed by atoms with Gasteiger partial charge in [-0.05, 0) is 44.0 Å². The van der Waals surface area contributed by atoms with Crippen LogP contribution in [0.1, 0.15) is 32.3 Å². The number of carbonyl (C=O) groups excluding carboxylic acids is 3. The Bertz CT molecular complexity index is 1030. The van der Waals surface area contributed by atoms with Gasteiger partial charge in [-0.1, -0.05) is 32.0 Å². The van der Waals surface area contributed by atoms with Crippen LogP contribution in [0.5, 0.6) is 0 Å². The van der Waals surface area contributed by atoms with E-state index in [1.54, 1.807) is 13.2 Å². The number of rotatable bonds is 15. The number of likely N-dealkylation sites (N-methyl/N-ethyl adjacent to an activating group) is 1. The highest BCUT2D eigenvalue weighted by atomic mass is 16.5. The first-order valence-corrected chi connectivity index (χ1v) is 12.5. The molecule has 2 aromatic rings. The van der Waals surface area contributed by atoms with Crippen molar-refractivity contribution in [1.29, 1.82) is 0 Å². The number of fused-ring (bicyclic) bond motifs is 1. The summed E-state index contributed by atoms with van der Waals surface area (Å²) >= 11 is 0. The molecule has 4 atom stereocenters. The maximum Gasteiger partial charge on any atom is 0.328 e. The van der Waals surface area contributed by atoms with Crippen LogP contribution in [-0.4, -0.2) is 96.0 Å². The van der Waals surface area contributed by atoms with Gasteiger partial charge in [0.1, 0.15) is 18.2 Å². The Labute approximate surface area is 217 Å². The van der Waals surface area contributed by atoms with Crippen LogP contribution in [0.3, 0.4) is 0 Å². The molecule has 0 fully saturated rings. The van der Waals surface area contributed by atoms with E-state index < -0.39 is 42.0 Å². The number of methoxy groups -OCH3 is 1. The van der Waals surface area contributed by atoms with Crippen molar-refractivity contribution in [3.05, 3.63) is 36.0 Å². The van der Waals surface area contributed by atoms with Crippen molar-refractivity contribution in [3.8, 4) is 0 Å². The Kier molecular flexibility index (Phi) is 12.0. The molecule has 1 heterocycles. The van der Waals surface area contributed by atoms with Crippen LogP contribution in [0.25, 0.3) is 10.9 Å². The first-order chi connectivity index (χ1) is 17.6. The normalized spacial score (nSPS) is 14.8. The molecule has 0 saturated heterocycles. The smallest absolute Gasteiger partial charge is 0.328 e. The number of aromatic nitrogens is 1. The number of aromatic amines is 1. The molecule has 0 aliphatic carbocycles. The summed E-state index contributed by atoms with van der Waals surface area (Å²) in [5.41, 5.74) is 7.75. The van der Waals surface area contributed by atoms with Gasteiger partial charge >= 0.3 is 5.97 Å². The zero-order chi connectivity index (χ0) is 27.5. The summed E-state index contributed by atoms with van der Waals surface area (Å²) < 4.78 is 4.92. The van der Waals surface area contributed by atoms with Crippen LogP contribution in [0.15, 0.2) is 30.5 Å². The van der Waals surface area contributed by atoms with Crippen molar-refractivity contribution in [3.63, 3.8) is 0 Å². The van der Waals surface area contributed by atoms with Crippen molar-refractivity contribution in [2.75, 3.05) is 33.9 Å². The summed E-state index contributed by atoms with van der Waals surface area (Å²) in [7, 11) is 3.05. The maximum absolute atomic E-state index is 13.2. The molecular formula is C26H41N5O6. The Hall–Kier alpha value is -2.99. The Balaban J connectivity index is 2.09. The third kappa shape index (κ3) is 9.12. The van der Waals surface area contributed by atoms with Crippen molar-refractivity contribution < 1.29 is 29.3 Å². The van der Waals surface area contributed by atoms with Crippen LogP contribution in [0.4, 0.5) is 0 Å². The molecule has 11 nitrogen and oxygen atoms in total. The fourth-order valence-corrected chi connectivity index (χ4v) is 4.09. The highest BCUT2D eigenvalue weighted by Gasteiger charge is 2.31. The Morgan fingerprint density at radius 3 is 2.43 bits per heavy atom. The van der Waals surface area contributed by atoms with E-state index in [0.29, 0.717) is 25.9 Å². The molecule has 11 heteroatoms. The molecule has 0 aliphatic rings. The number of carbonyl (C=O) groups is 3. The number of nitrogens with two attached hydrogens (primary N) is 1. The topological polar surface area (TPSA) is 170 Å². The van der Waals surface area contributed by atoms with Crippen molar-refractivity contribution in [2.24, 2.45) is 11.7 Å². The summed E-state index contributed by atoms with van der Waals surface area (Å²) in [6.45, 7) is 4.72. The molecule has 2 rings (SSSR count). The highest BCUT2D eigenvalue weighted by molar-refractivity contribution is 5.92. The van der Waals surface area contributed by atoms with Gasteiger partial charge in [0.2, 0.25) is 5.91 Å². The number of benzene rings is 1. The monoisotopic (exact) mass is 519 g/mol. The lowest BCUT2D eigenvalue weighted by Crippen LogP contribution is -2.56. The van der Waals surface area contributed by atoms with Crippen molar-refractivity contribution in [2.45, 2.75) is 57.3 Å². The third-order valence-electron chi connectivity index (χ3n) is 6.24. The van der Waals surface area contributed by atoms with E-state index in [2.05, 4.69) is 15.6 Å². The lowest BCUT2D eigenvalue weighted by atomic mass is 10.00. The van der Waals surface area contributed by atoms with Gasteiger partial charge in [-0.25, -0.2) is 4.79 Å². The average Bonchev–Trinajstić information content (AvgIpc) is 3.28. The molecule has 0 aliphatic heterocycles. The number of aliphatic hydroxyl groups excluding tert-OH is 2. The molecule has 0 saturated carbocycles. The molecule has 0 unspecified atom stereocenters. The largest absolute Gasteiger partial charge is 0.467 e. The number of para-hydroxylation sites is 1. The van der Waals surface area contributed by atoms with E-state index in [1.807, 2.05) is 43.0 Å². The zero-order valence-electron chi connectivity index (χ0n) is 22.1. The van der Waals surface area contributed by atoms with Gasteiger partial charge in [-0.2, -0.15) is 0 Å². The quantitative estimate of drug-likeness (QED) is 0.177. The SMILES string of the molecule is COC(=O)[C@H](Cc1c[nH]c2ccccc12)NC(=O)[C@H](CC(C)C)NC(=O)[C@@H](O)[C@H](N)CCN(C)CCO. The number of amides is 2. The summed E-state index contributed by atoms with van der Waals surface area (Å²) in [5.74, 6) is -1.88. The predicted molar refractivity (Wildman–Crippen MR) is 141 cm³/mol. The van der Waals surface area contributed by atoms with Crippen LogP contribution in [-0.2, 0) is 25.5 Å². The molecule has 37 heavy (non-hydrogen) atoms. The first-order valence-electron chi connectivity index (χ1n) is 12.5. The van der Waals surface area contributed by atoms with Gasteiger partial charge in [-0.15, -0.1) is 0 Å². The predicted octanol–water partition coefficient (Wildman–Crippen LogP) is -0.0985. The minimum Gasteiger partial charge on any atom is -0.467 e. The zero-order valence-corrected chi connectivity index (χ0v) is 22.1. The molecular weight excluding hydrogens is 478 g/mol. The van der Waals surface area contributed by atoms with Crippen LogP contribution >= 0.6 is 0 Å². The van der Waals surface area contributed by atoms with E-state index in [4.69, 9.17) is 15.6 Å². The van der Waals surface area contributed by atoms with Crippen molar-refractivity contribution >= 4 is 28.7 Å². The molecule has 206 valence electrons. The van der Waals surface area contributed by atoms with Gasteiger partial charge in [0.05, 0.1) is 13.7 Å². The molecule has 1 aromatic heterocycles. The maximum atomic E-state index is 13.2. The van der Waals surface area contributed by atoms with Gasteiger partial charge in [0, 0.05) is 36.1 Å². The molecule has 0 bridgehead atoms. The minimum atomic E-state index is -1.52. The summed E-state index contributed by atoms with van der Waals surface area (Å²) in [6, 6.07) is 4.81. The van der Waals surface area contributed by atoms with E-state index in [1.165, 1.54) is 7.11 Å². The molecule has 1 aromatic carbocycles. The van der Waals surface area contributed by atoms with Gasteiger partial charge in [0.25, 0.3) is 5.91 Å². The number of nitrogens with zero attached hydrogens (tertiary/aromatic N) is 1. The number of hydrogen-bond acceptors (Lipinski definition) is 8. The first kappa shape index (κ1) is 30.2. The van der Waals surface area contributed by atoms with E-state index in [-0.39, 0.29) is 18.9 Å². The fourth-order valence-electron chi connectivity index (χ4n) is 4.09. The summed E-state index contributed by atoms with van der Waals surface area (Å²) in [6.07, 6.45) is 1.07. The lowest BCUT2D eigenvalue weighted by molar-refractivity contribution is -0.145. The van der Waals surface area contributed by atoms with E-state index in [0.717, 1.165) is 16.5 Å². The number of hydrogen-bond donors (Lipinski definition) is 6. The Morgan fingerprint density at radius 1 is 1.11 bits per heavy atom. The summed E-state index contributed by atoms with van der Waals surface area (Å²) in [4.78, 5) is 43.5. The molecule has 7 N–H and O–H groups in total. The number of nitrogens with one attached hydrogen (secondary N) is 3.